The molecule has 17 heavy (non-hydrogen) atoms. The van der Waals surface area contributed by atoms with E-state index in [2.05, 4.69) is 15.2 Å². The first-order chi connectivity index (χ1) is 8.04. The monoisotopic (exact) mass is 249 g/mol. The first-order valence-electron chi connectivity index (χ1n) is 4.94. The molecule has 0 N–H and O–H groups in total. The SMILES string of the molecule is CS(=O)(=O)Cc1ccc(-c2ccnnc2)nc1. The third kappa shape index (κ3) is 3.32. The molecular weight excluding hydrogens is 238 g/mol. The lowest BCUT2D eigenvalue weighted by Crippen LogP contribution is -2.01. The number of hydrogen-bond donors (Lipinski definition) is 0. The normalized spacial score (nSPS) is 11.4. The van der Waals surface area contributed by atoms with Crippen molar-refractivity contribution < 1.29 is 8.42 Å². The Morgan fingerprint density at radius 3 is 2.47 bits per heavy atom. The molecule has 0 bridgehead atoms. The zero-order valence-electron chi connectivity index (χ0n) is 9.24. The predicted octanol–water partition coefficient (Wildman–Crippen LogP) is 1.08. The third-order valence-corrected chi connectivity index (χ3v) is 2.99. The molecule has 6 heteroatoms. The van der Waals surface area contributed by atoms with Crippen LogP contribution in [0.1, 0.15) is 5.56 Å². The average molecular weight is 249 g/mol. The molecule has 5 nitrogen and oxygen atoms in total. The minimum atomic E-state index is -3.02. The van der Waals surface area contributed by atoms with E-state index in [1.165, 1.54) is 6.26 Å². The van der Waals surface area contributed by atoms with Gasteiger partial charge >= 0.3 is 0 Å². The van der Waals surface area contributed by atoms with Gasteiger partial charge in [0.1, 0.15) is 0 Å². The first-order valence-corrected chi connectivity index (χ1v) is 7.00. The van der Waals surface area contributed by atoms with Crippen LogP contribution < -0.4 is 0 Å². The van der Waals surface area contributed by atoms with E-state index < -0.39 is 9.84 Å². The predicted molar refractivity (Wildman–Crippen MR) is 63.8 cm³/mol. The second kappa shape index (κ2) is 4.58. The Hall–Kier alpha value is -1.82. The van der Waals surface area contributed by atoms with Gasteiger partial charge in [-0.25, -0.2) is 8.42 Å². The fraction of sp³-hybridized carbons (Fsp3) is 0.182. The summed E-state index contributed by atoms with van der Waals surface area (Å²) in [4.78, 5) is 4.20. The van der Waals surface area contributed by atoms with E-state index in [4.69, 9.17) is 0 Å². The molecule has 0 unspecified atom stereocenters. The number of pyridine rings is 1. The maximum absolute atomic E-state index is 11.1. The van der Waals surface area contributed by atoms with Crippen LogP contribution in [0.15, 0.2) is 36.8 Å². The van der Waals surface area contributed by atoms with Crippen LogP contribution in [0.5, 0.6) is 0 Å². The van der Waals surface area contributed by atoms with Crippen molar-refractivity contribution in [2.45, 2.75) is 5.75 Å². The molecule has 0 amide bonds. The molecule has 0 spiro atoms. The standard InChI is InChI=1S/C11H11N3O2S/c1-17(15,16)8-9-2-3-11(12-6-9)10-4-5-13-14-7-10/h2-7H,8H2,1H3. The highest BCUT2D eigenvalue weighted by atomic mass is 32.2. The van der Waals surface area contributed by atoms with E-state index in [0.717, 1.165) is 11.3 Å². The van der Waals surface area contributed by atoms with Crippen molar-refractivity contribution in [1.82, 2.24) is 15.2 Å². The molecule has 88 valence electrons. The van der Waals surface area contributed by atoms with E-state index in [0.29, 0.717) is 5.56 Å². The molecule has 0 saturated heterocycles. The van der Waals surface area contributed by atoms with Crippen LogP contribution >= 0.6 is 0 Å². The highest BCUT2D eigenvalue weighted by molar-refractivity contribution is 7.89. The highest BCUT2D eigenvalue weighted by Crippen LogP contribution is 2.15. The minimum Gasteiger partial charge on any atom is -0.256 e. The number of rotatable bonds is 3. The molecule has 0 fully saturated rings. The van der Waals surface area contributed by atoms with Crippen LogP contribution in [0.4, 0.5) is 0 Å². The van der Waals surface area contributed by atoms with Gasteiger partial charge in [-0.1, -0.05) is 6.07 Å². The van der Waals surface area contributed by atoms with E-state index in [9.17, 15) is 8.42 Å². The summed E-state index contributed by atoms with van der Waals surface area (Å²) < 4.78 is 22.2. The molecule has 2 heterocycles. The fourth-order valence-corrected chi connectivity index (χ4v) is 2.20. The Labute approximate surface area is 99.5 Å². The van der Waals surface area contributed by atoms with Crippen LogP contribution in [0, 0.1) is 0 Å². The second-order valence-corrected chi connectivity index (χ2v) is 5.89. The molecule has 0 aliphatic carbocycles. The smallest absolute Gasteiger partial charge is 0.151 e. The average Bonchev–Trinajstić information content (AvgIpc) is 2.29. The van der Waals surface area contributed by atoms with Gasteiger partial charge in [-0.2, -0.15) is 10.2 Å². The van der Waals surface area contributed by atoms with Gasteiger partial charge in [0.05, 0.1) is 23.8 Å². The van der Waals surface area contributed by atoms with Crippen LogP contribution in [-0.4, -0.2) is 29.9 Å². The largest absolute Gasteiger partial charge is 0.256 e. The number of nitrogens with zero attached hydrogens (tertiary/aromatic N) is 3. The maximum atomic E-state index is 11.1. The summed E-state index contributed by atoms with van der Waals surface area (Å²) in [6, 6.07) is 5.33. The van der Waals surface area contributed by atoms with Gasteiger partial charge < -0.3 is 0 Å². The van der Waals surface area contributed by atoms with E-state index in [-0.39, 0.29) is 5.75 Å². The Morgan fingerprint density at radius 2 is 1.94 bits per heavy atom. The molecule has 0 aliphatic rings. The van der Waals surface area contributed by atoms with Gasteiger partial charge in [0.2, 0.25) is 0 Å². The Balaban J connectivity index is 2.25. The van der Waals surface area contributed by atoms with Crippen molar-refractivity contribution in [2.75, 3.05) is 6.26 Å². The molecule has 2 aromatic heterocycles. The van der Waals surface area contributed by atoms with E-state index in [1.54, 1.807) is 36.8 Å². The van der Waals surface area contributed by atoms with Gasteiger partial charge in [0.25, 0.3) is 0 Å². The Morgan fingerprint density at radius 1 is 1.12 bits per heavy atom. The lowest BCUT2D eigenvalue weighted by atomic mass is 10.2. The fourth-order valence-electron chi connectivity index (χ4n) is 1.43. The van der Waals surface area contributed by atoms with Gasteiger partial charge in [-0.15, -0.1) is 0 Å². The zero-order chi connectivity index (χ0) is 12.3. The molecule has 0 atom stereocenters. The van der Waals surface area contributed by atoms with Crippen molar-refractivity contribution in [3.8, 4) is 11.3 Å². The molecule has 2 aromatic rings. The zero-order valence-corrected chi connectivity index (χ0v) is 10.1. The molecule has 2 rings (SSSR count). The summed E-state index contributed by atoms with van der Waals surface area (Å²) >= 11 is 0. The van der Waals surface area contributed by atoms with Gasteiger partial charge in [-0.3, -0.25) is 4.98 Å². The lowest BCUT2D eigenvalue weighted by Gasteiger charge is -2.02. The summed E-state index contributed by atoms with van der Waals surface area (Å²) in [7, 11) is -3.02. The summed E-state index contributed by atoms with van der Waals surface area (Å²) in [6.07, 6.45) is 5.96. The molecule has 0 aliphatic heterocycles. The molecule has 0 aromatic carbocycles. The lowest BCUT2D eigenvalue weighted by molar-refractivity contribution is 0.601. The number of hydrogen-bond acceptors (Lipinski definition) is 5. The summed E-state index contributed by atoms with van der Waals surface area (Å²) in [5.41, 5.74) is 2.28. The van der Waals surface area contributed by atoms with Crippen LogP contribution in [0.2, 0.25) is 0 Å². The maximum Gasteiger partial charge on any atom is 0.151 e. The molecule has 0 radical (unpaired) electrons. The van der Waals surface area contributed by atoms with E-state index >= 15 is 0 Å². The Bertz CT molecular complexity index is 594. The van der Waals surface area contributed by atoms with Crippen LogP contribution in [0.3, 0.4) is 0 Å². The second-order valence-electron chi connectivity index (χ2n) is 3.75. The Kier molecular flexibility index (Phi) is 3.14. The summed E-state index contributed by atoms with van der Waals surface area (Å²) in [5, 5.41) is 7.44. The van der Waals surface area contributed by atoms with Crippen molar-refractivity contribution in [1.29, 1.82) is 0 Å². The minimum absolute atomic E-state index is 0.00880. The third-order valence-electron chi connectivity index (χ3n) is 2.13. The number of sulfone groups is 1. The van der Waals surface area contributed by atoms with Gasteiger partial charge in [-0.05, 0) is 17.7 Å². The quantitative estimate of drug-likeness (QED) is 0.814. The topological polar surface area (TPSA) is 72.8 Å². The number of aromatic nitrogens is 3. The van der Waals surface area contributed by atoms with Crippen molar-refractivity contribution >= 4 is 9.84 Å². The molecule has 0 saturated carbocycles. The van der Waals surface area contributed by atoms with Crippen molar-refractivity contribution in [3.05, 3.63) is 42.4 Å². The van der Waals surface area contributed by atoms with Crippen LogP contribution in [0.25, 0.3) is 11.3 Å². The van der Waals surface area contributed by atoms with Crippen molar-refractivity contribution in [2.24, 2.45) is 0 Å². The summed E-state index contributed by atoms with van der Waals surface area (Å²) in [5.74, 6) is 0.00880. The van der Waals surface area contributed by atoms with Crippen LogP contribution in [-0.2, 0) is 15.6 Å². The molecular formula is C11H11N3O2S. The van der Waals surface area contributed by atoms with E-state index in [1.807, 2.05) is 0 Å². The first kappa shape index (κ1) is 11.7. The van der Waals surface area contributed by atoms with Gasteiger partial charge in [0.15, 0.2) is 9.84 Å². The summed E-state index contributed by atoms with van der Waals surface area (Å²) in [6.45, 7) is 0. The van der Waals surface area contributed by atoms with Crippen molar-refractivity contribution in [3.63, 3.8) is 0 Å². The van der Waals surface area contributed by atoms with Gasteiger partial charge in [0, 0.05) is 18.0 Å². The highest BCUT2D eigenvalue weighted by Gasteiger charge is 2.05.